The zero-order valence-corrected chi connectivity index (χ0v) is 10.3. The van der Waals surface area contributed by atoms with Crippen LogP contribution < -0.4 is 10.2 Å². The standard InChI is InChI=1S/C13H19FN2/c1-9(2)16-8-13(3,4)15-11-7-10(14)5-6-12(11)16/h5-7,9,15H,8H2,1-4H3. The van der Waals surface area contributed by atoms with Gasteiger partial charge in [-0.3, -0.25) is 0 Å². The monoisotopic (exact) mass is 222 g/mol. The molecule has 0 saturated heterocycles. The van der Waals surface area contributed by atoms with Crippen molar-refractivity contribution in [2.24, 2.45) is 0 Å². The summed E-state index contributed by atoms with van der Waals surface area (Å²) >= 11 is 0. The SMILES string of the molecule is CC(C)N1CC(C)(C)Nc2cc(F)ccc21. The second kappa shape index (κ2) is 3.65. The van der Waals surface area contributed by atoms with Crippen LogP contribution in [0.25, 0.3) is 0 Å². The maximum absolute atomic E-state index is 13.2. The van der Waals surface area contributed by atoms with E-state index in [0.29, 0.717) is 6.04 Å². The van der Waals surface area contributed by atoms with E-state index < -0.39 is 0 Å². The summed E-state index contributed by atoms with van der Waals surface area (Å²) in [5.41, 5.74) is 1.96. The van der Waals surface area contributed by atoms with E-state index in [9.17, 15) is 4.39 Å². The normalized spacial score (nSPS) is 18.2. The number of benzene rings is 1. The van der Waals surface area contributed by atoms with Crippen molar-refractivity contribution < 1.29 is 4.39 Å². The van der Waals surface area contributed by atoms with Crippen molar-refractivity contribution in [3.05, 3.63) is 24.0 Å². The van der Waals surface area contributed by atoms with E-state index in [2.05, 4.69) is 37.9 Å². The van der Waals surface area contributed by atoms with Crippen LogP contribution in [0.15, 0.2) is 18.2 Å². The lowest BCUT2D eigenvalue weighted by atomic mass is 9.98. The van der Waals surface area contributed by atoms with Gasteiger partial charge in [-0.05, 0) is 45.9 Å². The van der Waals surface area contributed by atoms with Crippen LogP contribution in [0.3, 0.4) is 0 Å². The van der Waals surface area contributed by atoms with Crippen LogP contribution in [-0.2, 0) is 0 Å². The molecular weight excluding hydrogens is 203 g/mol. The minimum Gasteiger partial charge on any atom is -0.377 e. The first kappa shape index (κ1) is 11.2. The van der Waals surface area contributed by atoms with Gasteiger partial charge in [0.05, 0.1) is 11.4 Å². The van der Waals surface area contributed by atoms with Gasteiger partial charge in [0.2, 0.25) is 0 Å². The topological polar surface area (TPSA) is 15.3 Å². The zero-order chi connectivity index (χ0) is 11.9. The molecule has 0 fully saturated rings. The quantitative estimate of drug-likeness (QED) is 0.784. The number of rotatable bonds is 1. The molecule has 0 amide bonds. The molecule has 0 unspecified atom stereocenters. The molecule has 0 spiro atoms. The Morgan fingerprint density at radius 1 is 1.38 bits per heavy atom. The summed E-state index contributed by atoms with van der Waals surface area (Å²) in [5, 5.41) is 3.38. The molecule has 1 aliphatic heterocycles. The van der Waals surface area contributed by atoms with Crippen LogP contribution in [0.1, 0.15) is 27.7 Å². The zero-order valence-electron chi connectivity index (χ0n) is 10.3. The van der Waals surface area contributed by atoms with Crippen molar-refractivity contribution in [1.29, 1.82) is 0 Å². The maximum Gasteiger partial charge on any atom is 0.125 e. The molecule has 1 N–H and O–H groups in total. The highest BCUT2D eigenvalue weighted by atomic mass is 19.1. The molecule has 3 heteroatoms. The molecular formula is C13H19FN2. The molecule has 16 heavy (non-hydrogen) atoms. The lowest BCUT2D eigenvalue weighted by Crippen LogP contribution is -2.50. The molecule has 2 rings (SSSR count). The molecule has 1 aromatic carbocycles. The summed E-state index contributed by atoms with van der Waals surface area (Å²) < 4.78 is 13.2. The lowest BCUT2D eigenvalue weighted by molar-refractivity contribution is 0.505. The minimum absolute atomic E-state index is 0.0228. The average Bonchev–Trinajstić information content (AvgIpc) is 2.14. The predicted octanol–water partition coefficient (Wildman–Crippen LogP) is 3.24. The molecule has 2 nitrogen and oxygen atoms in total. The molecule has 0 radical (unpaired) electrons. The van der Waals surface area contributed by atoms with Gasteiger partial charge in [0.1, 0.15) is 5.82 Å². The smallest absolute Gasteiger partial charge is 0.125 e. The van der Waals surface area contributed by atoms with Crippen molar-refractivity contribution in [1.82, 2.24) is 0 Å². The summed E-state index contributed by atoms with van der Waals surface area (Å²) in [6.45, 7) is 9.53. The summed E-state index contributed by atoms with van der Waals surface area (Å²) in [6, 6.07) is 5.37. The Kier molecular flexibility index (Phi) is 2.56. The second-order valence-electron chi connectivity index (χ2n) is 5.39. The highest BCUT2D eigenvalue weighted by molar-refractivity contribution is 5.73. The van der Waals surface area contributed by atoms with Gasteiger partial charge in [-0.2, -0.15) is 0 Å². The van der Waals surface area contributed by atoms with Gasteiger partial charge >= 0.3 is 0 Å². The summed E-state index contributed by atoms with van der Waals surface area (Å²) in [4.78, 5) is 2.31. The first-order valence-electron chi connectivity index (χ1n) is 5.73. The molecule has 0 bridgehead atoms. The van der Waals surface area contributed by atoms with E-state index >= 15 is 0 Å². The van der Waals surface area contributed by atoms with Crippen LogP contribution in [0.4, 0.5) is 15.8 Å². The van der Waals surface area contributed by atoms with E-state index in [1.807, 2.05) is 6.07 Å². The Hall–Kier alpha value is -1.25. The molecule has 1 aliphatic rings. The second-order valence-corrected chi connectivity index (χ2v) is 5.39. The first-order valence-corrected chi connectivity index (χ1v) is 5.73. The van der Waals surface area contributed by atoms with E-state index in [4.69, 9.17) is 0 Å². The van der Waals surface area contributed by atoms with Gasteiger partial charge in [0.15, 0.2) is 0 Å². The fraction of sp³-hybridized carbons (Fsp3) is 0.538. The largest absolute Gasteiger partial charge is 0.377 e. The van der Waals surface area contributed by atoms with Crippen molar-refractivity contribution in [3.8, 4) is 0 Å². The highest BCUT2D eigenvalue weighted by Gasteiger charge is 2.30. The third-order valence-electron chi connectivity index (χ3n) is 2.93. The lowest BCUT2D eigenvalue weighted by Gasteiger charge is -2.44. The number of nitrogens with one attached hydrogen (secondary N) is 1. The third kappa shape index (κ3) is 1.99. The minimum atomic E-state index is -0.187. The Balaban J connectivity index is 2.47. The number of fused-ring (bicyclic) bond motifs is 1. The maximum atomic E-state index is 13.2. The Bertz CT molecular complexity index is 399. The fourth-order valence-electron chi connectivity index (χ4n) is 2.23. The molecule has 0 atom stereocenters. The van der Waals surface area contributed by atoms with Crippen LogP contribution in [0, 0.1) is 5.82 Å². The van der Waals surface area contributed by atoms with Crippen LogP contribution in [-0.4, -0.2) is 18.1 Å². The number of hydrogen-bond acceptors (Lipinski definition) is 2. The fourth-order valence-corrected chi connectivity index (χ4v) is 2.23. The van der Waals surface area contributed by atoms with Gasteiger partial charge in [-0.25, -0.2) is 4.39 Å². The number of nitrogens with zero attached hydrogens (tertiary/aromatic N) is 1. The van der Waals surface area contributed by atoms with Crippen LogP contribution >= 0.6 is 0 Å². The number of hydrogen-bond donors (Lipinski definition) is 1. The third-order valence-corrected chi connectivity index (χ3v) is 2.93. The molecule has 88 valence electrons. The van der Waals surface area contributed by atoms with Gasteiger partial charge < -0.3 is 10.2 Å². The summed E-state index contributed by atoms with van der Waals surface area (Å²) in [5.74, 6) is -0.187. The Labute approximate surface area is 96.5 Å². The average molecular weight is 222 g/mol. The van der Waals surface area contributed by atoms with Gasteiger partial charge in [0.25, 0.3) is 0 Å². The van der Waals surface area contributed by atoms with Gasteiger partial charge in [-0.15, -0.1) is 0 Å². The summed E-state index contributed by atoms with van der Waals surface area (Å²) in [6.07, 6.45) is 0. The summed E-state index contributed by atoms with van der Waals surface area (Å²) in [7, 11) is 0. The molecule has 0 aromatic heterocycles. The van der Waals surface area contributed by atoms with Gasteiger partial charge in [-0.1, -0.05) is 0 Å². The molecule has 0 saturated carbocycles. The van der Waals surface area contributed by atoms with Gasteiger partial charge in [0, 0.05) is 18.1 Å². The van der Waals surface area contributed by atoms with Crippen molar-refractivity contribution in [3.63, 3.8) is 0 Å². The predicted molar refractivity (Wildman–Crippen MR) is 66.6 cm³/mol. The Morgan fingerprint density at radius 3 is 2.69 bits per heavy atom. The molecule has 1 heterocycles. The van der Waals surface area contributed by atoms with Crippen molar-refractivity contribution in [2.45, 2.75) is 39.3 Å². The van der Waals surface area contributed by atoms with E-state index in [-0.39, 0.29) is 11.4 Å². The first-order chi connectivity index (χ1) is 7.39. The number of anilines is 2. The Morgan fingerprint density at radius 2 is 2.06 bits per heavy atom. The van der Waals surface area contributed by atoms with E-state index in [0.717, 1.165) is 17.9 Å². The molecule has 1 aromatic rings. The van der Waals surface area contributed by atoms with Crippen molar-refractivity contribution >= 4 is 11.4 Å². The van der Waals surface area contributed by atoms with E-state index in [1.165, 1.54) is 6.07 Å². The highest BCUT2D eigenvalue weighted by Crippen LogP contribution is 2.35. The number of halogens is 1. The van der Waals surface area contributed by atoms with Crippen LogP contribution in [0.2, 0.25) is 0 Å². The van der Waals surface area contributed by atoms with E-state index in [1.54, 1.807) is 6.07 Å². The molecule has 0 aliphatic carbocycles. The van der Waals surface area contributed by atoms with Crippen LogP contribution in [0.5, 0.6) is 0 Å². The van der Waals surface area contributed by atoms with Crippen molar-refractivity contribution in [2.75, 3.05) is 16.8 Å².